The van der Waals surface area contributed by atoms with Gasteiger partial charge in [-0.3, -0.25) is 4.79 Å². The molecule has 3 nitrogen and oxygen atoms in total. The number of ketones is 1. The van der Waals surface area contributed by atoms with Crippen LogP contribution >= 0.6 is 0 Å². The van der Waals surface area contributed by atoms with E-state index in [0.717, 1.165) is 51.2 Å². The molecule has 4 atom stereocenters. The van der Waals surface area contributed by atoms with Crippen LogP contribution in [0.2, 0.25) is 0 Å². The van der Waals surface area contributed by atoms with Gasteiger partial charge in [0.2, 0.25) is 0 Å². The van der Waals surface area contributed by atoms with Gasteiger partial charge in [-0.15, -0.1) is 0 Å². The number of ether oxygens (including phenoxy) is 2. The highest BCUT2D eigenvalue weighted by Gasteiger charge is 2.52. The Hall–Kier alpha value is -0.410. The molecule has 0 aromatic carbocycles. The number of hydrogen-bond acceptors (Lipinski definition) is 3. The summed E-state index contributed by atoms with van der Waals surface area (Å²) in [6, 6.07) is 0. The van der Waals surface area contributed by atoms with Crippen LogP contribution in [0, 0.1) is 23.2 Å². The Bertz CT molecular complexity index is 413. The third-order valence-electron chi connectivity index (χ3n) is 6.81. The molecule has 22 heavy (non-hydrogen) atoms. The highest BCUT2D eigenvalue weighted by atomic mass is 16.7. The Kier molecular flexibility index (Phi) is 4.66. The fourth-order valence-corrected chi connectivity index (χ4v) is 5.55. The summed E-state index contributed by atoms with van der Waals surface area (Å²) >= 11 is 0. The second-order valence-corrected chi connectivity index (χ2v) is 8.26. The summed E-state index contributed by atoms with van der Waals surface area (Å²) in [5.74, 6) is 1.98. The third kappa shape index (κ3) is 2.99. The molecule has 0 N–H and O–H groups in total. The Morgan fingerprint density at radius 2 is 1.95 bits per heavy atom. The van der Waals surface area contributed by atoms with Gasteiger partial charge >= 0.3 is 0 Å². The van der Waals surface area contributed by atoms with Crippen molar-refractivity contribution in [2.45, 2.75) is 77.9 Å². The highest BCUT2D eigenvalue weighted by molar-refractivity contribution is 5.83. The monoisotopic (exact) mass is 308 g/mol. The molecule has 126 valence electrons. The molecule has 3 fully saturated rings. The summed E-state index contributed by atoms with van der Waals surface area (Å²) in [5, 5.41) is 0. The first-order valence-electron chi connectivity index (χ1n) is 9.25. The van der Waals surface area contributed by atoms with E-state index >= 15 is 0 Å². The normalized spacial score (nSPS) is 39.0. The van der Waals surface area contributed by atoms with Crippen molar-refractivity contribution < 1.29 is 14.3 Å². The molecule has 1 saturated heterocycles. The minimum absolute atomic E-state index is 0.277. The highest BCUT2D eigenvalue weighted by Crippen LogP contribution is 2.57. The van der Waals surface area contributed by atoms with Crippen molar-refractivity contribution in [3.05, 3.63) is 0 Å². The number of hydrogen-bond donors (Lipinski definition) is 0. The molecule has 0 amide bonds. The van der Waals surface area contributed by atoms with E-state index in [1.165, 1.54) is 19.3 Å². The maximum Gasteiger partial charge on any atom is 0.165 e. The first kappa shape index (κ1) is 16.4. The van der Waals surface area contributed by atoms with Crippen molar-refractivity contribution in [3.8, 4) is 0 Å². The van der Waals surface area contributed by atoms with E-state index in [1.54, 1.807) is 0 Å². The first-order valence-corrected chi connectivity index (χ1v) is 9.25. The van der Waals surface area contributed by atoms with Crippen molar-refractivity contribution in [2.75, 3.05) is 13.2 Å². The van der Waals surface area contributed by atoms with E-state index in [9.17, 15) is 4.79 Å². The zero-order chi connectivity index (χ0) is 15.8. The van der Waals surface area contributed by atoms with Gasteiger partial charge in [0.1, 0.15) is 5.78 Å². The average Bonchev–Trinajstić information content (AvgIpc) is 3.03. The van der Waals surface area contributed by atoms with Crippen LogP contribution in [0.25, 0.3) is 0 Å². The van der Waals surface area contributed by atoms with Crippen molar-refractivity contribution in [1.29, 1.82) is 0 Å². The van der Waals surface area contributed by atoms with Gasteiger partial charge in [0, 0.05) is 18.8 Å². The van der Waals surface area contributed by atoms with Crippen molar-refractivity contribution in [3.63, 3.8) is 0 Å². The van der Waals surface area contributed by atoms with Crippen molar-refractivity contribution in [1.82, 2.24) is 0 Å². The van der Waals surface area contributed by atoms with Crippen LogP contribution in [0.3, 0.4) is 0 Å². The summed E-state index contributed by atoms with van der Waals surface area (Å²) < 4.78 is 11.4. The van der Waals surface area contributed by atoms with Crippen molar-refractivity contribution in [2.24, 2.45) is 23.2 Å². The zero-order valence-corrected chi connectivity index (χ0v) is 14.5. The fourth-order valence-electron chi connectivity index (χ4n) is 5.55. The van der Waals surface area contributed by atoms with E-state index in [1.807, 2.05) is 0 Å². The van der Waals surface area contributed by atoms with E-state index in [2.05, 4.69) is 20.8 Å². The lowest BCUT2D eigenvalue weighted by molar-refractivity contribution is -0.148. The standard InChI is InChI=1S/C19H32O3/c1-14(6-4-11-19(3)21-12-13-22-19)15-8-9-16-17(20)7-5-10-18(15,16)2/h14-16H,4-13H2,1-3H3/t14-,15-,16+,18-/m1/s1. The molecule has 0 spiro atoms. The van der Waals surface area contributed by atoms with Crippen LogP contribution in [0.1, 0.15) is 72.1 Å². The van der Waals surface area contributed by atoms with Crippen LogP contribution in [0.15, 0.2) is 0 Å². The third-order valence-corrected chi connectivity index (χ3v) is 6.81. The van der Waals surface area contributed by atoms with Crippen LogP contribution in [0.4, 0.5) is 0 Å². The molecule has 1 aliphatic heterocycles. The largest absolute Gasteiger partial charge is 0.348 e. The molecule has 3 heteroatoms. The molecule has 0 aromatic heterocycles. The van der Waals surface area contributed by atoms with Gasteiger partial charge in [0.25, 0.3) is 0 Å². The molecule has 1 heterocycles. The lowest BCUT2D eigenvalue weighted by Crippen LogP contribution is -2.39. The molecule has 2 aliphatic carbocycles. The van der Waals surface area contributed by atoms with Gasteiger partial charge in [0.05, 0.1) is 13.2 Å². The predicted molar refractivity (Wildman–Crippen MR) is 86.5 cm³/mol. The number of Topliss-reactive ketones (excluding diaryl/α,β-unsaturated/α-hetero) is 1. The maximum absolute atomic E-state index is 12.2. The molecule has 0 bridgehead atoms. The number of rotatable bonds is 5. The molecule has 3 aliphatic rings. The number of carbonyl (C=O) groups excluding carboxylic acids is 1. The van der Waals surface area contributed by atoms with Gasteiger partial charge in [-0.1, -0.05) is 20.3 Å². The molecule has 0 aromatic rings. The van der Waals surface area contributed by atoms with E-state index in [0.29, 0.717) is 17.6 Å². The molecule has 3 rings (SSSR count). The van der Waals surface area contributed by atoms with Gasteiger partial charge in [-0.05, 0) is 56.3 Å². The van der Waals surface area contributed by atoms with Gasteiger partial charge in [-0.25, -0.2) is 0 Å². The smallest absolute Gasteiger partial charge is 0.165 e. The minimum atomic E-state index is -0.345. The van der Waals surface area contributed by atoms with Crippen molar-refractivity contribution >= 4 is 5.78 Å². The predicted octanol–water partition coefficient (Wildman–Crippen LogP) is 4.34. The molecule has 0 radical (unpaired) electrons. The Balaban J connectivity index is 1.54. The maximum atomic E-state index is 12.2. The van der Waals surface area contributed by atoms with E-state index < -0.39 is 0 Å². The molecule has 0 unspecified atom stereocenters. The SMILES string of the molecule is C[C@H](CCCC1(C)OCCO1)[C@H]1CC[C@H]2C(=O)CCC[C@]12C. The van der Waals surface area contributed by atoms with Crippen LogP contribution in [-0.2, 0) is 14.3 Å². The first-order chi connectivity index (χ1) is 10.4. The lowest BCUT2D eigenvalue weighted by atomic mass is 9.62. The minimum Gasteiger partial charge on any atom is -0.348 e. The summed E-state index contributed by atoms with van der Waals surface area (Å²) in [6.07, 6.45) is 8.94. The molecular weight excluding hydrogens is 276 g/mol. The van der Waals surface area contributed by atoms with Gasteiger partial charge < -0.3 is 9.47 Å². The van der Waals surface area contributed by atoms with E-state index in [-0.39, 0.29) is 11.2 Å². The zero-order valence-electron chi connectivity index (χ0n) is 14.5. The molecular formula is C19H32O3. The summed E-state index contributed by atoms with van der Waals surface area (Å²) in [6.45, 7) is 8.33. The Labute approximate surface area is 135 Å². The van der Waals surface area contributed by atoms with Crippen LogP contribution in [-0.4, -0.2) is 24.8 Å². The quantitative estimate of drug-likeness (QED) is 0.758. The summed E-state index contributed by atoms with van der Waals surface area (Å²) in [5.41, 5.74) is 0.277. The lowest BCUT2D eigenvalue weighted by Gasteiger charge is -2.42. The topological polar surface area (TPSA) is 35.5 Å². The van der Waals surface area contributed by atoms with Crippen LogP contribution in [0.5, 0.6) is 0 Å². The van der Waals surface area contributed by atoms with Crippen LogP contribution < -0.4 is 0 Å². The summed E-state index contributed by atoms with van der Waals surface area (Å²) in [4.78, 5) is 12.2. The fraction of sp³-hybridized carbons (Fsp3) is 0.947. The average molecular weight is 308 g/mol. The second-order valence-electron chi connectivity index (χ2n) is 8.26. The number of fused-ring (bicyclic) bond motifs is 1. The molecule has 2 saturated carbocycles. The number of carbonyl (C=O) groups is 1. The second kappa shape index (κ2) is 6.24. The van der Waals surface area contributed by atoms with E-state index in [4.69, 9.17) is 9.47 Å². The van der Waals surface area contributed by atoms with Gasteiger partial charge in [0.15, 0.2) is 5.79 Å². The Morgan fingerprint density at radius 1 is 1.23 bits per heavy atom. The van der Waals surface area contributed by atoms with Gasteiger partial charge in [-0.2, -0.15) is 0 Å². The summed E-state index contributed by atoms with van der Waals surface area (Å²) in [7, 11) is 0. The Morgan fingerprint density at radius 3 is 2.68 bits per heavy atom.